The van der Waals surface area contributed by atoms with Gasteiger partial charge in [0, 0.05) is 24.0 Å². The van der Waals surface area contributed by atoms with Crippen molar-refractivity contribution < 1.29 is 34.1 Å². The monoisotopic (exact) mass is 522 g/mol. The average Bonchev–Trinajstić information content (AvgIpc) is 2.93. The van der Waals surface area contributed by atoms with Gasteiger partial charge in [-0.2, -0.15) is 0 Å². The minimum atomic E-state index is -1.10. The summed E-state index contributed by atoms with van der Waals surface area (Å²) in [6.45, 7) is 0. The Kier molecular flexibility index (Phi) is 8.64. The molecule has 4 aromatic rings. The molecular formula is C32H26O7. The lowest BCUT2D eigenvalue weighted by atomic mass is 10.00. The summed E-state index contributed by atoms with van der Waals surface area (Å²) in [5.74, 6) is -4.16. The fourth-order valence-corrected chi connectivity index (χ4v) is 4.29. The minimum absolute atomic E-state index is 0.0184. The molecule has 39 heavy (non-hydrogen) atoms. The van der Waals surface area contributed by atoms with E-state index < -0.39 is 23.9 Å². The van der Waals surface area contributed by atoms with Gasteiger partial charge in [-0.25, -0.2) is 9.59 Å². The van der Waals surface area contributed by atoms with Crippen molar-refractivity contribution in [2.75, 3.05) is 0 Å². The van der Waals surface area contributed by atoms with E-state index in [9.17, 15) is 29.4 Å². The summed E-state index contributed by atoms with van der Waals surface area (Å²) in [5, 5.41) is 22.0. The minimum Gasteiger partial charge on any atom is -0.481 e. The molecule has 0 aliphatic heterocycles. The van der Waals surface area contributed by atoms with Crippen LogP contribution in [-0.2, 0) is 23.9 Å². The number of hydrogen-bond donors (Lipinski definition) is 2. The van der Waals surface area contributed by atoms with Gasteiger partial charge in [-0.05, 0) is 57.7 Å². The summed E-state index contributed by atoms with van der Waals surface area (Å²) < 4.78 is 5.21. The zero-order valence-electron chi connectivity index (χ0n) is 21.0. The van der Waals surface area contributed by atoms with Crippen LogP contribution < -0.4 is 0 Å². The van der Waals surface area contributed by atoms with Gasteiger partial charge in [-0.15, -0.1) is 0 Å². The number of carboxylic acid groups (broad SMARTS) is 2. The number of benzene rings is 4. The molecule has 0 atom stereocenters. The first-order valence-electron chi connectivity index (χ1n) is 12.4. The quantitative estimate of drug-likeness (QED) is 0.143. The summed E-state index contributed by atoms with van der Waals surface area (Å²) >= 11 is 0. The van der Waals surface area contributed by atoms with Gasteiger partial charge < -0.3 is 14.9 Å². The van der Waals surface area contributed by atoms with E-state index in [1.165, 1.54) is 12.2 Å². The van der Waals surface area contributed by atoms with E-state index in [4.69, 9.17) is 4.74 Å². The van der Waals surface area contributed by atoms with Crippen molar-refractivity contribution in [2.24, 2.45) is 0 Å². The Bertz CT molecular complexity index is 1500. The Hall–Kier alpha value is -5.04. The number of carboxylic acids is 2. The Labute approximate surface area is 224 Å². The molecule has 4 aromatic carbocycles. The van der Waals surface area contributed by atoms with Crippen LogP contribution in [0.4, 0.5) is 0 Å². The molecule has 7 nitrogen and oxygen atoms in total. The van der Waals surface area contributed by atoms with E-state index in [2.05, 4.69) is 0 Å². The lowest BCUT2D eigenvalue weighted by molar-refractivity contribution is -0.154. The van der Waals surface area contributed by atoms with Gasteiger partial charge in [0.15, 0.2) is 0 Å². The predicted molar refractivity (Wildman–Crippen MR) is 149 cm³/mol. The highest BCUT2D eigenvalue weighted by atomic mass is 16.6. The van der Waals surface area contributed by atoms with Crippen LogP contribution in [0.15, 0.2) is 96.1 Å². The summed E-state index contributed by atoms with van der Waals surface area (Å²) in [7, 11) is 0. The first-order valence-corrected chi connectivity index (χ1v) is 12.4. The Morgan fingerprint density at radius 2 is 0.923 bits per heavy atom. The van der Waals surface area contributed by atoms with Crippen LogP contribution in [0.25, 0.3) is 33.7 Å². The highest BCUT2D eigenvalue weighted by Gasteiger charge is 2.21. The van der Waals surface area contributed by atoms with E-state index in [0.717, 1.165) is 21.5 Å². The highest BCUT2D eigenvalue weighted by molar-refractivity contribution is 6.07. The number of rotatable bonds is 10. The van der Waals surface area contributed by atoms with Crippen LogP contribution in [-0.4, -0.2) is 34.1 Å². The number of carbonyl (C=O) groups is 4. The van der Waals surface area contributed by atoms with Gasteiger partial charge in [-0.3, -0.25) is 9.59 Å². The summed E-state index contributed by atoms with van der Waals surface area (Å²) in [6.07, 6.45) is 2.10. The van der Waals surface area contributed by atoms with Gasteiger partial charge in [0.2, 0.25) is 0 Å². The van der Waals surface area contributed by atoms with E-state index in [0.29, 0.717) is 11.1 Å². The number of aliphatic carboxylic acids is 2. The van der Waals surface area contributed by atoms with Gasteiger partial charge in [0.05, 0.1) is 0 Å². The summed E-state index contributed by atoms with van der Waals surface area (Å²) in [6, 6.07) is 26.1. The zero-order chi connectivity index (χ0) is 27.8. The Morgan fingerprint density at radius 1 is 0.538 bits per heavy atom. The van der Waals surface area contributed by atoms with Crippen LogP contribution >= 0.6 is 0 Å². The molecule has 0 heterocycles. The standard InChI is InChI=1S/C32H26O7/c33-29(34)17-15-25(19-23-11-5-9-21-7-1-3-13-27(21)23)31(37)39-32(38)26(16-18-30(35)36)20-24-12-6-10-22-8-2-4-14-28(22)24/h1-14,19-20H,15-18H2,(H,33,34)(H,35,36)/b25-19+,26-20+. The third-order valence-corrected chi connectivity index (χ3v) is 6.23. The second-order valence-electron chi connectivity index (χ2n) is 8.94. The van der Waals surface area contributed by atoms with Gasteiger partial charge in [0.25, 0.3) is 0 Å². The molecule has 0 aliphatic carbocycles. The van der Waals surface area contributed by atoms with E-state index >= 15 is 0 Å². The van der Waals surface area contributed by atoms with Crippen molar-refractivity contribution in [3.05, 3.63) is 107 Å². The second kappa shape index (κ2) is 12.5. The normalized spacial score (nSPS) is 11.9. The molecule has 4 rings (SSSR count). The van der Waals surface area contributed by atoms with Gasteiger partial charge in [-0.1, -0.05) is 84.9 Å². The Balaban J connectivity index is 1.67. The number of esters is 2. The summed E-state index contributed by atoms with van der Waals surface area (Å²) in [4.78, 5) is 48.9. The Morgan fingerprint density at radius 3 is 1.33 bits per heavy atom. The van der Waals surface area contributed by atoms with Crippen molar-refractivity contribution in [2.45, 2.75) is 25.7 Å². The molecule has 0 radical (unpaired) electrons. The van der Waals surface area contributed by atoms with Crippen LogP contribution in [0.5, 0.6) is 0 Å². The van der Waals surface area contributed by atoms with Gasteiger partial charge >= 0.3 is 23.9 Å². The number of hydrogen-bond acceptors (Lipinski definition) is 5. The van der Waals surface area contributed by atoms with Crippen molar-refractivity contribution >= 4 is 57.6 Å². The molecule has 0 aromatic heterocycles. The molecular weight excluding hydrogens is 496 g/mol. The van der Waals surface area contributed by atoms with Crippen LogP contribution in [0.2, 0.25) is 0 Å². The molecule has 7 heteroatoms. The topological polar surface area (TPSA) is 118 Å². The number of fused-ring (bicyclic) bond motifs is 2. The first-order chi connectivity index (χ1) is 18.8. The lowest BCUT2D eigenvalue weighted by Crippen LogP contribution is -2.17. The highest BCUT2D eigenvalue weighted by Crippen LogP contribution is 2.25. The van der Waals surface area contributed by atoms with E-state index in [1.807, 2.05) is 72.8 Å². The largest absolute Gasteiger partial charge is 0.481 e. The SMILES string of the molecule is O=C(O)CC/C(=C\c1cccc2ccccc12)C(=O)OC(=O)/C(=C/c1cccc2ccccc12)CCC(=O)O. The molecule has 0 bridgehead atoms. The molecule has 0 amide bonds. The number of carbonyl (C=O) groups excluding carboxylic acids is 2. The van der Waals surface area contributed by atoms with Gasteiger partial charge in [0.1, 0.15) is 0 Å². The molecule has 0 saturated carbocycles. The van der Waals surface area contributed by atoms with E-state index in [-0.39, 0.29) is 36.8 Å². The second-order valence-corrected chi connectivity index (χ2v) is 8.94. The first kappa shape index (κ1) is 27.0. The van der Waals surface area contributed by atoms with Crippen molar-refractivity contribution in [3.8, 4) is 0 Å². The van der Waals surface area contributed by atoms with Crippen molar-refractivity contribution in [3.63, 3.8) is 0 Å². The molecule has 2 N–H and O–H groups in total. The number of ether oxygens (including phenoxy) is 1. The molecule has 196 valence electrons. The third-order valence-electron chi connectivity index (χ3n) is 6.23. The van der Waals surface area contributed by atoms with Crippen molar-refractivity contribution in [1.82, 2.24) is 0 Å². The molecule has 0 unspecified atom stereocenters. The third kappa shape index (κ3) is 7.05. The smallest absolute Gasteiger partial charge is 0.341 e. The maximum absolute atomic E-state index is 13.2. The fraction of sp³-hybridized carbons (Fsp3) is 0.125. The van der Waals surface area contributed by atoms with Crippen LogP contribution in [0, 0.1) is 0 Å². The average molecular weight is 523 g/mol. The van der Waals surface area contributed by atoms with Crippen LogP contribution in [0.3, 0.4) is 0 Å². The molecule has 0 spiro atoms. The lowest BCUT2D eigenvalue weighted by Gasteiger charge is -2.11. The molecule has 0 saturated heterocycles. The molecule has 0 aliphatic rings. The van der Waals surface area contributed by atoms with E-state index in [1.54, 1.807) is 12.1 Å². The zero-order valence-corrected chi connectivity index (χ0v) is 21.0. The maximum atomic E-state index is 13.2. The van der Waals surface area contributed by atoms with Crippen LogP contribution in [0.1, 0.15) is 36.8 Å². The predicted octanol–water partition coefficient (Wildman–Crippen LogP) is 6.26. The van der Waals surface area contributed by atoms with Crippen molar-refractivity contribution in [1.29, 1.82) is 0 Å². The summed E-state index contributed by atoms with van der Waals surface area (Å²) in [5.41, 5.74) is 1.39. The molecule has 0 fully saturated rings. The maximum Gasteiger partial charge on any atom is 0.341 e. The fourth-order valence-electron chi connectivity index (χ4n) is 4.29.